The first-order valence-corrected chi connectivity index (χ1v) is 10.2. The lowest BCUT2D eigenvalue weighted by Crippen LogP contribution is -2.14. The van der Waals surface area contributed by atoms with Crippen LogP contribution in [0.1, 0.15) is 10.4 Å². The number of rotatable bonds is 6. The van der Waals surface area contributed by atoms with Gasteiger partial charge in [0.15, 0.2) is 5.13 Å². The molecule has 0 saturated carbocycles. The molecular formula is C23H20N4O2S. The predicted molar refractivity (Wildman–Crippen MR) is 121 cm³/mol. The normalized spacial score (nSPS) is 10.5. The van der Waals surface area contributed by atoms with Crippen LogP contribution in [0.4, 0.5) is 16.6 Å². The Balaban J connectivity index is 1.46. The molecule has 150 valence electrons. The van der Waals surface area contributed by atoms with Crippen molar-refractivity contribution in [2.75, 3.05) is 24.4 Å². The van der Waals surface area contributed by atoms with E-state index in [0.29, 0.717) is 10.7 Å². The van der Waals surface area contributed by atoms with E-state index in [1.807, 2.05) is 78.0 Å². The minimum Gasteiger partial charge on any atom is -0.496 e. The first-order valence-electron chi connectivity index (χ1n) is 9.31. The number of anilines is 3. The van der Waals surface area contributed by atoms with Crippen molar-refractivity contribution in [1.82, 2.24) is 9.97 Å². The van der Waals surface area contributed by atoms with Gasteiger partial charge in [-0.25, -0.2) is 9.97 Å². The largest absolute Gasteiger partial charge is 0.496 e. The number of nitrogens with one attached hydrogen (secondary N) is 1. The van der Waals surface area contributed by atoms with Gasteiger partial charge in [0.25, 0.3) is 5.91 Å². The molecule has 0 unspecified atom stereocenters. The quantitative estimate of drug-likeness (QED) is 0.466. The number of hydrogen-bond acceptors (Lipinski definition) is 6. The van der Waals surface area contributed by atoms with Crippen molar-refractivity contribution < 1.29 is 9.53 Å². The minimum absolute atomic E-state index is 0.252. The summed E-state index contributed by atoms with van der Waals surface area (Å²) in [6, 6.07) is 21.2. The van der Waals surface area contributed by atoms with E-state index in [0.717, 1.165) is 28.5 Å². The van der Waals surface area contributed by atoms with Crippen LogP contribution in [0.2, 0.25) is 0 Å². The summed E-state index contributed by atoms with van der Waals surface area (Å²) in [5, 5.41) is 5.25. The van der Waals surface area contributed by atoms with E-state index in [9.17, 15) is 4.79 Å². The highest BCUT2D eigenvalue weighted by Gasteiger charge is 2.13. The average Bonchev–Trinajstić information content (AvgIpc) is 3.27. The van der Waals surface area contributed by atoms with E-state index in [-0.39, 0.29) is 5.91 Å². The zero-order valence-corrected chi connectivity index (χ0v) is 17.4. The van der Waals surface area contributed by atoms with Gasteiger partial charge in [-0.3, -0.25) is 10.1 Å². The summed E-state index contributed by atoms with van der Waals surface area (Å²) >= 11 is 1.36. The van der Waals surface area contributed by atoms with Crippen LogP contribution < -0.4 is 15.0 Å². The molecule has 4 aromatic rings. The Morgan fingerprint density at radius 2 is 1.80 bits per heavy atom. The van der Waals surface area contributed by atoms with Crippen molar-refractivity contribution in [3.63, 3.8) is 0 Å². The lowest BCUT2D eigenvalue weighted by atomic mass is 10.1. The Hall–Kier alpha value is -3.71. The smallest absolute Gasteiger partial charge is 0.259 e. The molecule has 0 aliphatic heterocycles. The second kappa shape index (κ2) is 8.75. The van der Waals surface area contributed by atoms with Crippen LogP contribution >= 0.6 is 11.3 Å². The second-order valence-corrected chi connectivity index (χ2v) is 7.35. The van der Waals surface area contributed by atoms with Crippen LogP contribution in [0, 0.1) is 0 Å². The summed E-state index contributed by atoms with van der Waals surface area (Å²) in [7, 11) is 3.56. The number of benzene rings is 2. The molecule has 4 rings (SSSR count). The van der Waals surface area contributed by atoms with Gasteiger partial charge < -0.3 is 9.64 Å². The number of carbonyl (C=O) groups is 1. The lowest BCUT2D eigenvalue weighted by Gasteiger charge is -2.18. The van der Waals surface area contributed by atoms with Crippen molar-refractivity contribution in [3.8, 4) is 17.0 Å². The Morgan fingerprint density at radius 1 is 1.03 bits per heavy atom. The van der Waals surface area contributed by atoms with E-state index < -0.39 is 0 Å². The van der Waals surface area contributed by atoms with Crippen molar-refractivity contribution >= 4 is 33.9 Å². The van der Waals surface area contributed by atoms with E-state index >= 15 is 0 Å². The number of aromatic nitrogens is 2. The van der Waals surface area contributed by atoms with E-state index in [2.05, 4.69) is 15.3 Å². The Labute approximate surface area is 178 Å². The molecule has 0 aliphatic rings. The molecule has 0 spiro atoms. The summed E-state index contributed by atoms with van der Waals surface area (Å²) in [4.78, 5) is 23.5. The van der Waals surface area contributed by atoms with Gasteiger partial charge in [-0.05, 0) is 36.4 Å². The minimum atomic E-state index is -0.252. The van der Waals surface area contributed by atoms with Crippen LogP contribution in [0.5, 0.6) is 5.75 Å². The van der Waals surface area contributed by atoms with Crippen molar-refractivity contribution in [2.45, 2.75) is 0 Å². The molecule has 0 aliphatic carbocycles. The molecule has 2 heterocycles. The van der Waals surface area contributed by atoms with E-state index in [1.165, 1.54) is 11.3 Å². The third kappa shape index (κ3) is 4.16. The van der Waals surface area contributed by atoms with E-state index in [4.69, 9.17) is 4.74 Å². The number of ether oxygens (including phenoxy) is 1. The van der Waals surface area contributed by atoms with Crippen LogP contribution in [0.15, 0.2) is 78.3 Å². The molecule has 0 radical (unpaired) electrons. The standard InChI is InChI=1S/C23H20N4O2S/c1-27(17-8-4-3-5-9-17)21-13-12-16(14-24-21)22(28)26-23-25-19(15-30-23)18-10-6-7-11-20(18)29-2/h3-15H,1-2H3,(H,25,26,28). The maximum absolute atomic E-state index is 12.6. The van der Waals surface area contributed by atoms with Crippen molar-refractivity contribution in [3.05, 3.63) is 83.9 Å². The molecular weight excluding hydrogens is 396 g/mol. The monoisotopic (exact) mass is 416 g/mol. The van der Waals surface area contributed by atoms with Crippen molar-refractivity contribution in [2.24, 2.45) is 0 Å². The zero-order valence-electron chi connectivity index (χ0n) is 16.6. The molecule has 0 atom stereocenters. The van der Waals surface area contributed by atoms with Gasteiger partial charge in [0, 0.05) is 29.9 Å². The van der Waals surface area contributed by atoms with Gasteiger partial charge in [0.05, 0.1) is 18.4 Å². The molecule has 2 aromatic heterocycles. The molecule has 30 heavy (non-hydrogen) atoms. The number of carbonyl (C=O) groups excluding carboxylic acids is 1. The number of para-hydroxylation sites is 2. The first-order chi connectivity index (χ1) is 14.7. The van der Waals surface area contributed by atoms with Gasteiger partial charge in [0.1, 0.15) is 11.6 Å². The summed E-state index contributed by atoms with van der Waals surface area (Å²) < 4.78 is 5.39. The molecule has 0 saturated heterocycles. The number of amides is 1. The van der Waals surface area contributed by atoms with Gasteiger partial charge in [-0.2, -0.15) is 0 Å². The molecule has 1 N–H and O–H groups in total. The fraction of sp³-hybridized carbons (Fsp3) is 0.0870. The molecule has 2 aromatic carbocycles. The fourth-order valence-electron chi connectivity index (χ4n) is 2.98. The number of thiazole rings is 1. The van der Waals surface area contributed by atoms with Crippen molar-refractivity contribution in [1.29, 1.82) is 0 Å². The zero-order chi connectivity index (χ0) is 20.9. The predicted octanol–water partition coefficient (Wildman–Crippen LogP) is 5.23. The number of nitrogens with zero attached hydrogens (tertiary/aromatic N) is 3. The summed E-state index contributed by atoms with van der Waals surface area (Å²) in [5.74, 6) is 1.24. The average molecular weight is 417 g/mol. The summed E-state index contributed by atoms with van der Waals surface area (Å²) in [6.45, 7) is 0. The highest BCUT2D eigenvalue weighted by molar-refractivity contribution is 7.14. The maximum atomic E-state index is 12.6. The number of hydrogen-bond donors (Lipinski definition) is 1. The van der Waals surface area contributed by atoms with Crippen LogP contribution in [0.3, 0.4) is 0 Å². The number of pyridine rings is 1. The van der Waals surface area contributed by atoms with E-state index in [1.54, 1.807) is 19.4 Å². The highest BCUT2D eigenvalue weighted by Crippen LogP contribution is 2.32. The Morgan fingerprint density at radius 3 is 2.53 bits per heavy atom. The molecule has 0 fully saturated rings. The van der Waals surface area contributed by atoms with Gasteiger partial charge in [-0.1, -0.05) is 30.3 Å². The highest BCUT2D eigenvalue weighted by atomic mass is 32.1. The summed E-state index contributed by atoms with van der Waals surface area (Å²) in [6.07, 6.45) is 1.57. The van der Waals surface area contributed by atoms with Gasteiger partial charge in [-0.15, -0.1) is 11.3 Å². The number of methoxy groups -OCH3 is 1. The van der Waals surface area contributed by atoms with Gasteiger partial charge in [0.2, 0.25) is 0 Å². The maximum Gasteiger partial charge on any atom is 0.259 e. The molecule has 7 heteroatoms. The Bertz CT molecular complexity index is 1140. The van der Waals surface area contributed by atoms with Crippen LogP contribution in [-0.2, 0) is 0 Å². The molecule has 1 amide bonds. The molecule has 6 nitrogen and oxygen atoms in total. The third-order valence-electron chi connectivity index (χ3n) is 4.60. The Kier molecular flexibility index (Phi) is 5.72. The summed E-state index contributed by atoms with van der Waals surface area (Å²) in [5.41, 5.74) is 3.13. The first kappa shape index (κ1) is 19.6. The SMILES string of the molecule is COc1ccccc1-c1csc(NC(=O)c2ccc(N(C)c3ccccc3)nc2)n1. The molecule has 0 bridgehead atoms. The van der Waals surface area contributed by atoms with Crippen LogP contribution in [-0.4, -0.2) is 30.0 Å². The van der Waals surface area contributed by atoms with Gasteiger partial charge >= 0.3 is 0 Å². The van der Waals surface area contributed by atoms with Crippen LogP contribution in [0.25, 0.3) is 11.3 Å². The topological polar surface area (TPSA) is 67.3 Å². The lowest BCUT2D eigenvalue weighted by molar-refractivity contribution is 0.102. The fourth-order valence-corrected chi connectivity index (χ4v) is 3.69. The third-order valence-corrected chi connectivity index (χ3v) is 5.36. The second-order valence-electron chi connectivity index (χ2n) is 6.49.